The Kier molecular flexibility index (Phi) is 6.24. The summed E-state index contributed by atoms with van der Waals surface area (Å²) in [7, 11) is 0. The molecule has 3 atom stereocenters. The van der Waals surface area contributed by atoms with E-state index in [0.717, 1.165) is 5.56 Å². The van der Waals surface area contributed by atoms with Gasteiger partial charge >= 0.3 is 0 Å². The van der Waals surface area contributed by atoms with Crippen LogP contribution in [0.15, 0.2) is 54.6 Å². The van der Waals surface area contributed by atoms with E-state index >= 15 is 0 Å². The lowest BCUT2D eigenvalue weighted by Gasteiger charge is -2.35. The maximum Gasteiger partial charge on any atom is 0.269 e. The van der Waals surface area contributed by atoms with Gasteiger partial charge in [-0.05, 0) is 17.7 Å². The molecule has 2 aromatic carbocycles. The fraction of sp³-hybridized carbons (Fsp3) is 0.222. The number of benzene rings is 2. The molecule has 5 N–H and O–H groups in total. The average molecular weight is 401 g/mol. The first kappa shape index (κ1) is 19.8. The highest BCUT2D eigenvalue weighted by Crippen LogP contribution is 2.21. The molecule has 1 saturated heterocycles. The molecule has 0 radical (unpaired) electrons. The highest BCUT2D eigenvalue weighted by molar-refractivity contribution is 7.99. The second-order valence-corrected chi connectivity index (χ2v) is 7.23. The average Bonchev–Trinajstić information content (AvgIpc) is 2.70. The van der Waals surface area contributed by atoms with Gasteiger partial charge < -0.3 is 16.4 Å². The summed E-state index contributed by atoms with van der Waals surface area (Å²) in [5, 5.41) is 19.2. The molecule has 0 aliphatic carbocycles. The normalized spacial score (nSPS) is 21.6. The Balaban J connectivity index is 1.56. The predicted molar refractivity (Wildman–Crippen MR) is 105 cm³/mol. The largest absolute Gasteiger partial charge is 0.338 e. The number of nitro benzene ring substituents is 1. The molecule has 2 aromatic rings. The van der Waals surface area contributed by atoms with Crippen molar-refractivity contribution in [2.75, 3.05) is 0 Å². The van der Waals surface area contributed by atoms with Crippen molar-refractivity contribution in [2.24, 2.45) is 5.73 Å². The summed E-state index contributed by atoms with van der Waals surface area (Å²) in [5.41, 5.74) is 6.75. The standard InChI is InChI=1S/C18H19N5O4S/c19-15-14(20-16(24)12-6-2-1-3-7-12)17(25)22-18(21-15)28-10-11-5-4-8-13(9-11)23(26)27/h1-9,14-15,18,21H,10,19H2,(H,20,24)(H,22,25). The summed E-state index contributed by atoms with van der Waals surface area (Å²) in [4.78, 5) is 35.0. The lowest BCUT2D eigenvalue weighted by Crippen LogP contribution is -2.70. The third kappa shape index (κ3) is 4.85. The van der Waals surface area contributed by atoms with Crippen molar-refractivity contribution >= 4 is 29.3 Å². The van der Waals surface area contributed by atoms with Gasteiger partial charge in [-0.2, -0.15) is 0 Å². The zero-order valence-corrected chi connectivity index (χ0v) is 15.5. The quantitative estimate of drug-likeness (QED) is 0.417. The molecule has 0 spiro atoms. The van der Waals surface area contributed by atoms with Crippen LogP contribution < -0.4 is 21.7 Å². The second kappa shape index (κ2) is 8.83. The number of rotatable bonds is 6. The van der Waals surface area contributed by atoms with Crippen molar-refractivity contribution in [3.05, 3.63) is 75.8 Å². The van der Waals surface area contributed by atoms with E-state index in [0.29, 0.717) is 11.3 Å². The maximum atomic E-state index is 12.4. The van der Waals surface area contributed by atoms with Crippen LogP contribution >= 0.6 is 11.8 Å². The van der Waals surface area contributed by atoms with Gasteiger partial charge in [-0.25, -0.2) is 0 Å². The number of nitrogens with two attached hydrogens (primary N) is 1. The lowest BCUT2D eigenvalue weighted by molar-refractivity contribution is -0.384. The Morgan fingerprint density at radius 3 is 2.64 bits per heavy atom. The first-order valence-corrected chi connectivity index (χ1v) is 9.52. The number of hydrogen-bond acceptors (Lipinski definition) is 7. The van der Waals surface area contributed by atoms with Crippen molar-refractivity contribution in [3.8, 4) is 0 Å². The van der Waals surface area contributed by atoms with Crippen LogP contribution in [0.3, 0.4) is 0 Å². The van der Waals surface area contributed by atoms with Gasteiger partial charge in [0, 0.05) is 23.4 Å². The Morgan fingerprint density at radius 1 is 1.21 bits per heavy atom. The number of carbonyl (C=O) groups is 2. The molecule has 3 unspecified atom stereocenters. The smallest absolute Gasteiger partial charge is 0.269 e. The fourth-order valence-electron chi connectivity index (χ4n) is 2.69. The van der Waals surface area contributed by atoms with E-state index in [1.165, 1.54) is 23.9 Å². The first-order valence-electron chi connectivity index (χ1n) is 8.47. The van der Waals surface area contributed by atoms with Gasteiger partial charge in [0.1, 0.15) is 11.5 Å². The van der Waals surface area contributed by atoms with Gasteiger partial charge in [0.2, 0.25) is 5.91 Å². The van der Waals surface area contributed by atoms with Gasteiger partial charge in [-0.15, -0.1) is 11.8 Å². The van der Waals surface area contributed by atoms with Gasteiger partial charge in [0.05, 0.1) is 11.1 Å². The first-order chi connectivity index (χ1) is 13.4. The third-order valence-electron chi connectivity index (χ3n) is 4.12. The van der Waals surface area contributed by atoms with Gasteiger partial charge in [-0.3, -0.25) is 25.0 Å². The summed E-state index contributed by atoms with van der Waals surface area (Å²) in [5.74, 6) is -0.347. The third-order valence-corrected chi connectivity index (χ3v) is 5.21. The number of carbonyl (C=O) groups excluding carboxylic acids is 2. The minimum atomic E-state index is -0.914. The molecule has 1 heterocycles. The highest BCUT2D eigenvalue weighted by Gasteiger charge is 2.35. The molecule has 146 valence electrons. The molecular weight excluding hydrogens is 382 g/mol. The summed E-state index contributed by atoms with van der Waals surface area (Å²) in [6.07, 6.45) is -0.774. The molecule has 0 bridgehead atoms. The molecule has 3 rings (SSSR count). The van der Waals surface area contributed by atoms with Crippen LogP contribution in [0.25, 0.3) is 0 Å². The van der Waals surface area contributed by atoms with E-state index < -0.39 is 28.5 Å². The number of nitrogens with one attached hydrogen (secondary N) is 3. The Labute approximate surface area is 165 Å². The zero-order chi connectivity index (χ0) is 20.1. The molecule has 0 aromatic heterocycles. The number of non-ortho nitro benzene ring substituents is 1. The van der Waals surface area contributed by atoms with Crippen LogP contribution in [0.1, 0.15) is 15.9 Å². The number of hydrogen-bond donors (Lipinski definition) is 4. The lowest BCUT2D eigenvalue weighted by atomic mass is 10.1. The van der Waals surface area contributed by atoms with Crippen LogP contribution in [0, 0.1) is 10.1 Å². The highest BCUT2D eigenvalue weighted by atomic mass is 32.2. The van der Waals surface area contributed by atoms with Gasteiger partial charge in [0.25, 0.3) is 11.6 Å². The Bertz CT molecular complexity index is 879. The van der Waals surface area contributed by atoms with Crippen LogP contribution in [0.4, 0.5) is 5.69 Å². The van der Waals surface area contributed by atoms with Crippen LogP contribution in [-0.2, 0) is 10.5 Å². The van der Waals surface area contributed by atoms with E-state index in [1.54, 1.807) is 42.5 Å². The summed E-state index contributed by atoms with van der Waals surface area (Å²) >= 11 is 1.34. The van der Waals surface area contributed by atoms with E-state index in [9.17, 15) is 19.7 Å². The van der Waals surface area contributed by atoms with Crippen molar-refractivity contribution in [2.45, 2.75) is 23.5 Å². The molecule has 10 heteroatoms. The van der Waals surface area contributed by atoms with Crippen molar-refractivity contribution in [1.29, 1.82) is 0 Å². The molecule has 1 aliphatic heterocycles. The van der Waals surface area contributed by atoms with Crippen LogP contribution in [-0.4, -0.2) is 34.4 Å². The molecule has 1 aliphatic rings. The minimum Gasteiger partial charge on any atom is -0.338 e. The minimum absolute atomic E-state index is 0.0131. The van der Waals surface area contributed by atoms with E-state index in [2.05, 4.69) is 16.0 Å². The molecule has 0 saturated carbocycles. The fourth-order valence-corrected chi connectivity index (χ4v) is 3.68. The van der Waals surface area contributed by atoms with Gasteiger partial charge in [0.15, 0.2) is 0 Å². The number of nitrogens with zero attached hydrogens (tertiary/aromatic N) is 1. The maximum absolute atomic E-state index is 12.4. The Morgan fingerprint density at radius 2 is 1.96 bits per heavy atom. The van der Waals surface area contributed by atoms with E-state index in [-0.39, 0.29) is 11.6 Å². The topological polar surface area (TPSA) is 139 Å². The molecular formula is C18H19N5O4S. The SMILES string of the molecule is NC1NC(SCc2cccc([N+](=O)[O-])c2)NC(=O)C1NC(=O)c1ccccc1. The van der Waals surface area contributed by atoms with E-state index in [4.69, 9.17) is 5.73 Å². The Hall–Kier alpha value is -2.95. The van der Waals surface area contributed by atoms with Crippen LogP contribution in [0.5, 0.6) is 0 Å². The van der Waals surface area contributed by atoms with Crippen molar-refractivity contribution < 1.29 is 14.5 Å². The van der Waals surface area contributed by atoms with E-state index in [1.807, 2.05) is 0 Å². The molecule has 1 fully saturated rings. The summed E-state index contributed by atoms with van der Waals surface area (Å²) in [6.45, 7) is 0. The van der Waals surface area contributed by atoms with Crippen LogP contribution in [0.2, 0.25) is 0 Å². The number of thioether (sulfide) groups is 1. The number of nitro groups is 1. The second-order valence-electron chi connectivity index (χ2n) is 6.14. The van der Waals surface area contributed by atoms with Gasteiger partial charge in [-0.1, -0.05) is 30.3 Å². The summed E-state index contributed by atoms with van der Waals surface area (Å²) < 4.78 is 0. The zero-order valence-electron chi connectivity index (χ0n) is 14.7. The monoisotopic (exact) mass is 401 g/mol. The molecule has 2 amide bonds. The van der Waals surface area contributed by atoms with Crippen molar-refractivity contribution in [1.82, 2.24) is 16.0 Å². The molecule has 28 heavy (non-hydrogen) atoms. The van der Waals surface area contributed by atoms with Crippen molar-refractivity contribution in [3.63, 3.8) is 0 Å². The predicted octanol–water partition coefficient (Wildman–Crippen LogP) is 0.914. The molecule has 9 nitrogen and oxygen atoms in total. The summed E-state index contributed by atoms with van der Waals surface area (Å²) in [6, 6.07) is 13.9. The number of amides is 2.